The van der Waals surface area contributed by atoms with Crippen LogP contribution in [-0.4, -0.2) is 55.5 Å². The van der Waals surface area contributed by atoms with Crippen molar-refractivity contribution in [1.82, 2.24) is 4.90 Å². The molecular weight excluding hydrogens is 294 g/mol. The summed E-state index contributed by atoms with van der Waals surface area (Å²) in [6.45, 7) is -2.91. The van der Waals surface area contributed by atoms with Gasteiger partial charge in [-0.15, -0.1) is 0 Å². The van der Waals surface area contributed by atoms with Crippen molar-refractivity contribution in [2.45, 2.75) is 48.8 Å². The molecule has 5 rings (SSSR count). The van der Waals surface area contributed by atoms with Gasteiger partial charge in [-0.3, -0.25) is 4.79 Å². The summed E-state index contributed by atoms with van der Waals surface area (Å²) in [7, 11) is -2.83. The van der Waals surface area contributed by atoms with Crippen LogP contribution in [0.4, 0.5) is 0 Å². The Balaban J connectivity index is 1.85. The second-order valence-electron chi connectivity index (χ2n) is 6.57. The molecule has 1 aromatic rings. The minimum atomic E-state index is -2.83. The summed E-state index contributed by atoms with van der Waals surface area (Å²) < 4.78 is 91.6. The molecule has 2 bridgehead atoms. The molecule has 5 nitrogen and oxygen atoms in total. The first-order valence-corrected chi connectivity index (χ1v) is 7.53. The van der Waals surface area contributed by atoms with Crippen molar-refractivity contribution in [2.75, 3.05) is 20.6 Å². The number of ether oxygens (including phenoxy) is 2. The second-order valence-corrected chi connectivity index (χ2v) is 6.57. The Morgan fingerprint density at radius 2 is 2.57 bits per heavy atom. The number of carbonyl (C=O) groups is 1. The molecule has 1 saturated carbocycles. The van der Waals surface area contributed by atoms with Gasteiger partial charge < -0.3 is 19.5 Å². The molecule has 0 amide bonds. The van der Waals surface area contributed by atoms with E-state index in [1.165, 1.54) is 12.1 Å². The van der Waals surface area contributed by atoms with Gasteiger partial charge in [0, 0.05) is 24.8 Å². The van der Waals surface area contributed by atoms with E-state index in [2.05, 4.69) is 0 Å². The molecule has 1 spiro atoms. The average molecular weight is 325 g/mol. The minimum absolute atomic E-state index is 0.0644. The van der Waals surface area contributed by atoms with Crippen LogP contribution in [0.15, 0.2) is 12.1 Å². The van der Waals surface area contributed by atoms with Crippen molar-refractivity contribution in [2.24, 2.45) is 0 Å². The highest BCUT2D eigenvalue weighted by Gasteiger charge is 2.72. The van der Waals surface area contributed by atoms with Gasteiger partial charge in [-0.1, -0.05) is 6.07 Å². The van der Waals surface area contributed by atoms with Crippen LogP contribution in [0.5, 0.6) is 11.5 Å². The molecule has 2 aliphatic heterocycles. The fourth-order valence-corrected chi connectivity index (χ4v) is 4.82. The van der Waals surface area contributed by atoms with Crippen LogP contribution in [-0.2, 0) is 16.6 Å². The van der Waals surface area contributed by atoms with Crippen molar-refractivity contribution in [1.29, 1.82) is 1.43 Å². The number of hydrogen-bond donors (Lipinski definition) is 1. The van der Waals surface area contributed by atoms with Crippen LogP contribution in [0.25, 0.3) is 0 Å². The summed E-state index contributed by atoms with van der Waals surface area (Å²) in [4.78, 5) is 14.2. The first-order chi connectivity index (χ1) is 15.0. The Morgan fingerprint density at radius 3 is 3.39 bits per heavy atom. The predicted octanol–water partition coefficient (Wildman–Crippen LogP) is 1.05. The van der Waals surface area contributed by atoms with Gasteiger partial charge in [-0.05, 0) is 44.4 Å². The first kappa shape index (κ1) is 7.11. The molecule has 2 heterocycles. The number of likely N-dealkylation sites (N-methyl/N-ethyl adjacent to an activating group) is 1. The number of hydrogen-bond acceptors (Lipinski definition) is 5. The third-order valence-electron chi connectivity index (χ3n) is 5.80. The van der Waals surface area contributed by atoms with Gasteiger partial charge in [0.1, 0.15) is 0 Å². The first-order valence-electron chi connectivity index (χ1n) is 12.4. The quantitative estimate of drug-likeness (QED) is 0.881. The molecule has 2 aliphatic carbocycles. The maximum atomic E-state index is 13.3. The van der Waals surface area contributed by atoms with E-state index in [0.29, 0.717) is 11.1 Å². The van der Waals surface area contributed by atoms with Crippen LogP contribution in [0.3, 0.4) is 0 Å². The van der Waals surface area contributed by atoms with Crippen molar-refractivity contribution < 1.29 is 31.7 Å². The van der Waals surface area contributed by atoms with Crippen LogP contribution < -0.4 is 9.47 Å². The summed E-state index contributed by atoms with van der Waals surface area (Å²) in [5, 5.41) is 5.20. The zero-order valence-corrected chi connectivity index (χ0v) is 12.1. The third-order valence-corrected chi connectivity index (χ3v) is 5.80. The lowest BCUT2D eigenvalue weighted by molar-refractivity contribution is -0.185. The maximum Gasteiger partial charge on any atom is 0.211 e. The lowest BCUT2D eigenvalue weighted by Crippen LogP contribution is -2.76. The highest BCUT2D eigenvalue weighted by molar-refractivity contribution is 5.90. The van der Waals surface area contributed by atoms with Crippen LogP contribution in [0.2, 0.25) is 0 Å². The van der Waals surface area contributed by atoms with Gasteiger partial charge in [-0.25, -0.2) is 0 Å². The van der Waals surface area contributed by atoms with Crippen LogP contribution in [0, 0.1) is 0 Å². The van der Waals surface area contributed by atoms with E-state index in [1.807, 2.05) is 0 Å². The summed E-state index contributed by atoms with van der Waals surface area (Å²) in [5.41, 5.74) is -2.88. The lowest BCUT2D eigenvalue weighted by atomic mass is 9.49. The van der Waals surface area contributed by atoms with Gasteiger partial charge in [0.15, 0.2) is 23.4 Å². The Labute approximate surface area is 149 Å². The Morgan fingerprint density at radius 1 is 1.61 bits per heavy atom. The van der Waals surface area contributed by atoms with Gasteiger partial charge in [0.05, 0.1) is 23.5 Å². The number of ketones is 1. The number of piperidine rings is 1. The SMILES string of the molecule is [2H]O[C@@]12CC([2H])([2H])C(=O)C3Oc4c(OC([2H])([2H])[2H])ccc5c4[C@@]31CCN(C([2H])([2H])[2H])[C@]2([2H])C5. The summed E-state index contributed by atoms with van der Waals surface area (Å²) in [6, 6.07) is 0.692. The highest BCUT2D eigenvalue weighted by Crippen LogP contribution is 2.64. The van der Waals surface area contributed by atoms with Crippen molar-refractivity contribution in [3.05, 3.63) is 23.3 Å². The predicted molar refractivity (Wildman–Crippen MR) is 83.0 cm³/mol. The molecule has 5 heteroatoms. The molecule has 122 valence electrons. The summed E-state index contributed by atoms with van der Waals surface area (Å²) >= 11 is 0. The highest BCUT2D eigenvalue weighted by atomic mass is 16.5. The molecule has 23 heavy (non-hydrogen) atoms. The lowest BCUT2D eigenvalue weighted by Gasteiger charge is -2.62. The molecule has 1 aromatic carbocycles. The Hall–Kier alpha value is -1.59. The monoisotopic (exact) mass is 325 g/mol. The van der Waals surface area contributed by atoms with E-state index in [0.717, 1.165) is 4.90 Å². The van der Waals surface area contributed by atoms with E-state index in [4.69, 9.17) is 27.0 Å². The summed E-state index contributed by atoms with van der Waals surface area (Å²) in [6.07, 6.45) is -5.17. The Bertz CT molecular complexity index is 1060. The van der Waals surface area contributed by atoms with Gasteiger partial charge in [0.25, 0.3) is 0 Å². The van der Waals surface area contributed by atoms with E-state index in [-0.39, 0.29) is 30.9 Å². The number of rotatable bonds is 2. The molecule has 4 atom stereocenters. The zero-order chi connectivity index (χ0) is 24.4. The van der Waals surface area contributed by atoms with Gasteiger partial charge in [-0.2, -0.15) is 0 Å². The fraction of sp³-hybridized carbons (Fsp3) is 0.611. The number of benzene rings is 1. The number of carbonyl (C=O) groups excluding carboxylic acids is 1. The van der Waals surface area contributed by atoms with Crippen molar-refractivity contribution >= 4 is 5.78 Å². The smallest absolute Gasteiger partial charge is 0.211 e. The molecule has 1 unspecified atom stereocenters. The normalized spacial score (nSPS) is 53.4. The van der Waals surface area contributed by atoms with Gasteiger partial charge >= 0.3 is 0 Å². The third kappa shape index (κ3) is 1.32. The number of nitrogens with zero attached hydrogens (tertiary/aromatic N) is 1. The number of aliphatic hydroxyl groups is 1. The maximum absolute atomic E-state index is 13.3. The fourth-order valence-electron chi connectivity index (χ4n) is 4.82. The second kappa shape index (κ2) is 4.08. The molecule has 0 radical (unpaired) electrons. The molecule has 4 aliphatic rings. The van der Waals surface area contributed by atoms with E-state index >= 15 is 0 Å². The van der Waals surface area contributed by atoms with Crippen molar-refractivity contribution in [3.63, 3.8) is 0 Å². The number of methoxy groups -OCH3 is 1. The molecule has 2 fully saturated rings. The Kier molecular flexibility index (Phi) is 1.26. The number of likely N-dealkylation sites (tertiary alicyclic amines) is 1. The topological polar surface area (TPSA) is 59.0 Å². The van der Waals surface area contributed by atoms with E-state index in [1.54, 1.807) is 0 Å². The average Bonchev–Trinajstić information content (AvgIpc) is 3.00. The molecule has 1 N–H and O–H groups in total. The molecule has 1 saturated heterocycles. The zero-order valence-electron chi connectivity index (χ0n) is 22.1. The van der Waals surface area contributed by atoms with Crippen LogP contribution in [0.1, 0.15) is 42.7 Å². The largest absolute Gasteiger partial charge is 0.493 e. The van der Waals surface area contributed by atoms with Gasteiger partial charge in [0.2, 0.25) is 1.43 Å². The van der Waals surface area contributed by atoms with E-state index < -0.39 is 55.7 Å². The molecular formula is C18H21NO4. The van der Waals surface area contributed by atoms with Crippen LogP contribution >= 0.6 is 0 Å². The molecule has 0 aromatic heterocycles. The summed E-state index contributed by atoms with van der Waals surface area (Å²) in [5.74, 6) is -1.17. The van der Waals surface area contributed by atoms with E-state index in [9.17, 15) is 6.17 Å². The number of Topliss-reactive ketones (excluding diaryl/α,β-unsaturated/α-hetero) is 1. The van der Waals surface area contributed by atoms with Crippen molar-refractivity contribution in [3.8, 4) is 11.5 Å². The minimum Gasteiger partial charge on any atom is -0.493 e. The standard InChI is InChI=1S/C18H21NO4/c1-19-8-7-17-14-10-3-4-12(22-2)15(14)23-16(17)11(20)5-6-18(17,21)13(19)9-10/h3-4,13,16,21H,5-9H2,1-2H3/t13-,16?,17+,18-/m1/s1/i1D3,2D3,5D2,13D,21D.